The number of hydrogen-bond acceptors (Lipinski definition) is 5. The van der Waals surface area contributed by atoms with Gasteiger partial charge in [0, 0.05) is 0 Å². The zero-order valence-electron chi connectivity index (χ0n) is 14.1. The van der Waals surface area contributed by atoms with E-state index in [2.05, 4.69) is 5.32 Å². The lowest BCUT2D eigenvalue weighted by Gasteiger charge is -2.27. The van der Waals surface area contributed by atoms with Gasteiger partial charge in [-0.3, -0.25) is 14.9 Å². The molecule has 0 saturated carbocycles. The van der Waals surface area contributed by atoms with Crippen LogP contribution in [0, 0.1) is 6.92 Å². The highest BCUT2D eigenvalue weighted by molar-refractivity contribution is 6.39. The third-order valence-corrected chi connectivity index (χ3v) is 3.97. The molecule has 2 aromatic rings. The van der Waals surface area contributed by atoms with E-state index in [9.17, 15) is 19.5 Å². The first-order valence-corrected chi connectivity index (χ1v) is 7.76. The maximum absolute atomic E-state index is 12.8. The molecule has 2 N–H and O–H groups in total. The number of imide groups is 2. The smallest absolute Gasteiger partial charge is 0.335 e. The molecule has 3 rings (SSSR count). The van der Waals surface area contributed by atoms with Crippen LogP contribution in [0.4, 0.5) is 10.5 Å². The number of methoxy groups -OCH3 is 1. The fourth-order valence-electron chi connectivity index (χ4n) is 2.64. The molecule has 0 aromatic heterocycles. The number of aryl methyl sites for hydroxylation is 1. The number of urea groups is 1. The normalized spacial score (nSPS) is 16.0. The van der Waals surface area contributed by atoms with Gasteiger partial charge in [0.2, 0.25) is 0 Å². The van der Waals surface area contributed by atoms with Crippen molar-refractivity contribution in [2.45, 2.75) is 6.92 Å². The fourth-order valence-corrected chi connectivity index (χ4v) is 2.64. The van der Waals surface area contributed by atoms with E-state index in [-0.39, 0.29) is 17.1 Å². The van der Waals surface area contributed by atoms with Gasteiger partial charge in [0.05, 0.1) is 12.8 Å². The standard InChI is InChI=1S/C19H16N2O5/c1-11-5-3-4-6-14(11)21-18(24)13(17(23)20-19(21)25)9-12-7-8-15(22)16(10-12)26-2/h3-10,22H,1-2H3,(H,20,23,25)/b13-9-. The molecule has 2 aromatic carbocycles. The maximum Gasteiger partial charge on any atom is 0.335 e. The van der Waals surface area contributed by atoms with E-state index in [1.165, 1.54) is 31.4 Å². The molecule has 0 radical (unpaired) electrons. The highest BCUT2D eigenvalue weighted by Crippen LogP contribution is 2.29. The number of anilines is 1. The molecule has 7 heteroatoms. The Morgan fingerprint density at radius 1 is 1.12 bits per heavy atom. The van der Waals surface area contributed by atoms with Crippen molar-refractivity contribution in [1.29, 1.82) is 0 Å². The SMILES string of the molecule is COc1cc(/C=C2/C(=O)NC(=O)N(c3ccccc3C)C2=O)ccc1O. The Morgan fingerprint density at radius 3 is 2.54 bits per heavy atom. The van der Waals surface area contributed by atoms with Crippen LogP contribution in [-0.2, 0) is 9.59 Å². The van der Waals surface area contributed by atoms with Crippen LogP contribution in [0.5, 0.6) is 11.5 Å². The van der Waals surface area contributed by atoms with E-state index in [0.29, 0.717) is 11.3 Å². The second kappa shape index (κ2) is 6.72. The first kappa shape index (κ1) is 17.2. The summed E-state index contributed by atoms with van der Waals surface area (Å²) in [6.07, 6.45) is 1.34. The van der Waals surface area contributed by atoms with Gasteiger partial charge in [-0.15, -0.1) is 0 Å². The molecule has 0 bridgehead atoms. The maximum atomic E-state index is 12.8. The fraction of sp³-hybridized carbons (Fsp3) is 0.105. The predicted molar refractivity (Wildman–Crippen MR) is 94.8 cm³/mol. The summed E-state index contributed by atoms with van der Waals surface area (Å²) >= 11 is 0. The quantitative estimate of drug-likeness (QED) is 0.653. The Kier molecular flexibility index (Phi) is 4.45. The Bertz CT molecular complexity index is 949. The van der Waals surface area contributed by atoms with E-state index in [4.69, 9.17) is 4.74 Å². The second-order valence-electron chi connectivity index (χ2n) is 5.68. The van der Waals surface area contributed by atoms with Gasteiger partial charge in [-0.2, -0.15) is 0 Å². The van der Waals surface area contributed by atoms with Crippen LogP contribution in [-0.4, -0.2) is 30.1 Å². The lowest BCUT2D eigenvalue weighted by Crippen LogP contribution is -2.54. The molecular weight excluding hydrogens is 336 g/mol. The Labute approximate surface area is 149 Å². The van der Waals surface area contributed by atoms with Crippen LogP contribution in [0.15, 0.2) is 48.0 Å². The molecule has 1 heterocycles. The molecule has 1 fully saturated rings. The van der Waals surface area contributed by atoms with E-state index in [1.54, 1.807) is 31.2 Å². The monoisotopic (exact) mass is 352 g/mol. The number of carbonyl (C=O) groups is 3. The van der Waals surface area contributed by atoms with Gasteiger partial charge < -0.3 is 9.84 Å². The summed E-state index contributed by atoms with van der Waals surface area (Å²) in [6, 6.07) is 10.5. The highest BCUT2D eigenvalue weighted by Gasteiger charge is 2.37. The Balaban J connectivity index is 2.04. The van der Waals surface area contributed by atoms with Crippen molar-refractivity contribution >= 4 is 29.6 Å². The molecule has 132 valence electrons. The molecule has 4 amide bonds. The summed E-state index contributed by atoms with van der Waals surface area (Å²) in [4.78, 5) is 38.1. The number of phenolic OH excluding ortho intramolecular Hbond substituents is 1. The largest absolute Gasteiger partial charge is 0.504 e. The summed E-state index contributed by atoms with van der Waals surface area (Å²) in [6.45, 7) is 1.76. The van der Waals surface area contributed by atoms with Gasteiger partial charge >= 0.3 is 6.03 Å². The van der Waals surface area contributed by atoms with Crippen molar-refractivity contribution in [3.05, 3.63) is 59.2 Å². The predicted octanol–water partition coefficient (Wildman–Crippen LogP) is 2.38. The highest BCUT2D eigenvalue weighted by atomic mass is 16.5. The number of barbiturate groups is 1. The summed E-state index contributed by atoms with van der Waals surface area (Å²) in [7, 11) is 1.39. The third kappa shape index (κ3) is 3.02. The van der Waals surface area contributed by atoms with Crippen LogP contribution < -0.4 is 15.0 Å². The number of hydrogen-bond donors (Lipinski definition) is 2. The lowest BCUT2D eigenvalue weighted by atomic mass is 10.1. The number of ether oxygens (including phenoxy) is 1. The summed E-state index contributed by atoms with van der Waals surface area (Å²) < 4.78 is 5.02. The molecule has 1 aliphatic heterocycles. The third-order valence-electron chi connectivity index (χ3n) is 3.97. The van der Waals surface area contributed by atoms with Gasteiger partial charge in [0.25, 0.3) is 11.8 Å². The van der Waals surface area contributed by atoms with Crippen LogP contribution in [0.3, 0.4) is 0 Å². The van der Waals surface area contributed by atoms with Gasteiger partial charge in [0.1, 0.15) is 5.57 Å². The first-order valence-electron chi connectivity index (χ1n) is 7.76. The first-order chi connectivity index (χ1) is 12.4. The zero-order valence-corrected chi connectivity index (χ0v) is 14.1. The number of para-hydroxylation sites is 1. The molecule has 7 nitrogen and oxygen atoms in total. The van der Waals surface area contributed by atoms with E-state index < -0.39 is 17.8 Å². The average molecular weight is 352 g/mol. The molecular formula is C19H16N2O5. The average Bonchev–Trinajstić information content (AvgIpc) is 2.61. The van der Waals surface area contributed by atoms with Crippen molar-refractivity contribution in [3.8, 4) is 11.5 Å². The van der Waals surface area contributed by atoms with Crippen molar-refractivity contribution in [1.82, 2.24) is 5.32 Å². The van der Waals surface area contributed by atoms with Gasteiger partial charge in [-0.25, -0.2) is 9.69 Å². The lowest BCUT2D eigenvalue weighted by molar-refractivity contribution is -0.122. The van der Waals surface area contributed by atoms with Crippen LogP contribution >= 0.6 is 0 Å². The van der Waals surface area contributed by atoms with Crippen molar-refractivity contribution < 1.29 is 24.2 Å². The number of aromatic hydroxyl groups is 1. The Morgan fingerprint density at radius 2 is 1.85 bits per heavy atom. The van der Waals surface area contributed by atoms with Crippen molar-refractivity contribution in [2.75, 3.05) is 12.0 Å². The summed E-state index contributed by atoms with van der Waals surface area (Å²) in [5.74, 6) is -1.36. The molecule has 0 atom stereocenters. The number of nitrogens with one attached hydrogen (secondary N) is 1. The molecule has 26 heavy (non-hydrogen) atoms. The Hall–Kier alpha value is -3.61. The minimum Gasteiger partial charge on any atom is -0.504 e. The summed E-state index contributed by atoms with van der Waals surface area (Å²) in [5, 5.41) is 11.8. The van der Waals surface area contributed by atoms with Gasteiger partial charge in [-0.1, -0.05) is 24.3 Å². The number of rotatable bonds is 3. The molecule has 0 aliphatic carbocycles. The molecule has 1 aliphatic rings. The molecule has 0 unspecified atom stereocenters. The van der Waals surface area contributed by atoms with Crippen LogP contribution in [0.25, 0.3) is 6.08 Å². The van der Waals surface area contributed by atoms with Crippen molar-refractivity contribution in [2.24, 2.45) is 0 Å². The molecule has 0 spiro atoms. The minimum atomic E-state index is -0.797. The van der Waals surface area contributed by atoms with Crippen LogP contribution in [0.1, 0.15) is 11.1 Å². The van der Waals surface area contributed by atoms with Gasteiger partial charge in [0.15, 0.2) is 11.5 Å². The van der Waals surface area contributed by atoms with E-state index in [1.807, 2.05) is 0 Å². The second-order valence-corrected chi connectivity index (χ2v) is 5.68. The number of benzene rings is 2. The zero-order chi connectivity index (χ0) is 18.8. The molecule has 1 saturated heterocycles. The number of nitrogens with zero attached hydrogens (tertiary/aromatic N) is 1. The van der Waals surface area contributed by atoms with E-state index in [0.717, 1.165) is 10.5 Å². The minimum absolute atomic E-state index is 0.0641. The number of carbonyl (C=O) groups excluding carboxylic acids is 3. The van der Waals surface area contributed by atoms with E-state index >= 15 is 0 Å². The van der Waals surface area contributed by atoms with Crippen molar-refractivity contribution in [3.63, 3.8) is 0 Å². The van der Waals surface area contributed by atoms with Gasteiger partial charge in [-0.05, 0) is 42.3 Å². The number of phenols is 1. The summed E-state index contributed by atoms with van der Waals surface area (Å²) in [5.41, 5.74) is 1.39. The van der Waals surface area contributed by atoms with Crippen LogP contribution in [0.2, 0.25) is 0 Å². The number of amides is 4. The topological polar surface area (TPSA) is 95.9 Å².